The summed E-state index contributed by atoms with van der Waals surface area (Å²) in [5, 5.41) is 2.66. The number of carbonyl (C=O) groups is 1. The summed E-state index contributed by atoms with van der Waals surface area (Å²) in [5.74, 6) is -1.37. The van der Waals surface area contributed by atoms with Crippen LogP contribution in [0.4, 0.5) is 14.5 Å². The SMILES string of the molecule is CCN(Cc1ccccc1)C(=O)CCNc1c(F)cccc1F. The Labute approximate surface area is 134 Å². The number of halogens is 2. The third-order valence-electron chi connectivity index (χ3n) is 3.55. The van der Waals surface area contributed by atoms with Crippen LogP contribution < -0.4 is 5.32 Å². The predicted molar refractivity (Wildman–Crippen MR) is 87.0 cm³/mol. The average molecular weight is 318 g/mol. The van der Waals surface area contributed by atoms with E-state index in [2.05, 4.69) is 5.32 Å². The Morgan fingerprint density at radius 1 is 1.04 bits per heavy atom. The minimum atomic E-state index is -0.658. The fourth-order valence-electron chi connectivity index (χ4n) is 2.30. The molecule has 5 heteroatoms. The van der Waals surface area contributed by atoms with Crippen LogP contribution in [-0.4, -0.2) is 23.9 Å². The Hall–Kier alpha value is -2.43. The molecule has 0 spiro atoms. The van der Waals surface area contributed by atoms with E-state index in [1.165, 1.54) is 18.2 Å². The Morgan fingerprint density at radius 3 is 2.30 bits per heavy atom. The lowest BCUT2D eigenvalue weighted by Crippen LogP contribution is -2.31. The minimum absolute atomic E-state index is 0.0550. The van der Waals surface area contributed by atoms with Crippen molar-refractivity contribution in [3.63, 3.8) is 0 Å². The van der Waals surface area contributed by atoms with Gasteiger partial charge in [-0.2, -0.15) is 0 Å². The average Bonchev–Trinajstić information content (AvgIpc) is 2.56. The molecule has 2 aromatic rings. The van der Waals surface area contributed by atoms with Crippen molar-refractivity contribution in [2.45, 2.75) is 19.9 Å². The molecule has 0 unspecified atom stereocenters. The summed E-state index contributed by atoms with van der Waals surface area (Å²) in [7, 11) is 0. The van der Waals surface area contributed by atoms with Crippen LogP contribution >= 0.6 is 0 Å². The van der Waals surface area contributed by atoms with Gasteiger partial charge in [0.15, 0.2) is 0 Å². The molecule has 1 N–H and O–H groups in total. The maximum absolute atomic E-state index is 13.5. The summed E-state index contributed by atoms with van der Waals surface area (Å²) in [4.78, 5) is 14.0. The summed E-state index contributed by atoms with van der Waals surface area (Å²) < 4.78 is 27.0. The summed E-state index contributed by atoms with van der Waals surface area (Å²) in [5.41, 5.74) is 0.863. The van der Waals surface area contributed by atoms with Crippen LogP contribution in [0.2, 0.25) is 0 Å². The quantitative estimate of drug-likeness (QED) is 0.842. The lowest BCUT2D eigenvalue weighted by Gasteiger charge is -2.21. The molecule has 0 saturated carbocycles. The van der Waals surface area contributed by atoms with Crippen LogP contribution in [0.3, 0.4) is 0 Å². The zero-order valence-corrected chi connectivity index (χ0v) is 13.1. The van der Waals surface area contributed by atoms with E-state index in [1.54, 1.807) is 4.90 Å². The molecule has 0 saturated heterocycles. The Bertz CT molecular complexity index is 626. The van der Waals surface area contributed by atoms with E-state index in [4.69, 9.17) is 0 Å². The smallest absolute Gasteiger partial charge is 0.224 e. The number of hydrogen-bond acceptors (Lipinski definition) is 2. The second-order valence-corrected chi connectivity index (χ2v) is 5.17. The summed E-state index contributed by atoms with van der Waals surface area (Å²) in [6, 6.07) is 13.4. The summed E-state index contributed by atoms with van der Waals surface area (Å²) in [6.07, 6.45) is 0.175. The van der Waals surface area contributed by atoms with Crippen LogP contribution in [0.1, 0.15) is 18.9 Å². The van der Waals surface area contributed by atoms with E-state index in [-0.39, 0.29) is 24.6 Å². The van der Waals surface area contributed by atoms with Crippen molar-refractivity contribution >= 4 is 11.6 Å². The highest BCUT2D eigenvalue weighted by Gasteiger charge is 2.13. The van der Waals surface area contributed by atoms with Gasteiger partial charge in [-0.15, -0.1) is 0 Å². The molecule has 122 valence electrons. The highest BCUT2D eigenvalue weighted by atomic mass is 19.1. The number of anilines is 1. The lowest BCUT2D eigenvalue weighted by atomic mass is 10.2. The molecule has 2 aromatic carbocycles. The highest BCUT2D eigenvalue weighted by Crippen LogP contribution is 2.17. The van der Waals surface area contributed by atoms with Gasteiger partial charge in [0, 0.05) is 26.1 Å². The molecule has 23 heavy (non-hydrogen) atoms. The second kappa shape index (κ2) is 8.27. The van der Waals surface area contributed by atoms with Crippen molar-refractivity contribution < 1.29 is 13.6 Å². The van der Waals surface area contributed by atoms with Crippen molar-refractivity contribution in [2.24, 2.45) is 0 Å². The van der Waals surface area contributed by atoms with Gasteiger partial charge in [0.1, 0.15) is 17.3 Å². The van der Waals surface area contributed by atoms with E-state index in [0.717, 1.165) is 5.56 Å². The number of carbonyl (C=O) groups excluding carboxylic acids is 1. The molecule has 0 aromatic heterocycles. The van der Waals surface area contributed by atoms with Crippen molar-refractivity contribution in [3.05, 3.63) is 65.7 Å². The topological polar surface area (TPSA) is 32.3 Å². The summed E-state index contributed by atoms with van der Waals surface area (Å²) >= 11 is 0. The monoisotopic (exact) mass is 318 g/mol. The standard InChI is InChI=1S/C18H20F2N2O/c1-2-22(13-14-7-4-3-5-8-14)17(23)11-12-21-18-15(19)9-6-10-16(18)20/h3-10,21H,2,11-13H2,1H3. The Morgan fingerprint density at radius 2 is 1.70 bits per heavy atom. The van der Waals surface area contributed by atoms with Crippen LogP contribution in [0.25, 0.3) is 0 Å². The molecule has 0 bridgehead atoms. The number of nitrogens with zero attached hydrogens (tertiary/aromatic N) is 1. The number of amides is 1. The largest absolute Gasteiger partial charge is 0.380 e. The third kappa shape index (κ3) is 4.77. The third-order valence-corrected chi connectivity index (χ3v) is 3.55. The lowest BCUT2D eigenvalue weighted by molar-refractivity contribution is -0.131. The van der Waals surface area contributed by atoms with Gasteiger partial charge in [-0.1, -0.05) is 36.4 Å². The molecule has 3 nitrogen and oxygen atoms in total. The Kier molecular flexibility index (Phi) is 6.09. The molecule has 0 aliphatic carbocycles. The van der Waals surface area contributed by atoms with Gasteiger partial charge in [0.2, 0.25) is 5.91 Å². The molecule has 0 atom stereocenters. The first-order chi connectivity index (χ1) is 11.1. The molecule has 1 amide bonds. The molecule has 0 fully saturated rings. The first kappa shape index (κ1) is 16.9. The molecule has 0 aliphatic rings. The summed E-state index contributed by atoms with van der Waals surface area (Å²) in [6.45, 7) is 3.21. The molecular formula is C18H20F2N2O. The maximum Gasteiger partial charge on any atom is 0.224 e. The van der Waals surface area contributed by atoms with Crippen LogP contribution in [0.15, 0.2) is 48.5 Å². The van der Waals surface area contributed by atoms with Crippen molar-refractivity contribution in [3.8, 4) is 0 Å². The fraction of sp³-hybridized carbons (Fsp3) is 0.278. The number of para-hydroxylation sites is 1. The van der Waals surface area contributed by atoms with E-state index in [9.17, 15) is 13.6 Å². The van der Waals surface area contributed by atoms with E-state index in [0.29, 0.717) is 13.1 Å². The van der Waals surface area contributed by atoms with Gasteiger partial charge in [-0.05, 0) is 24.6 Å². The van der Waals surface area contributed by atoms with Crippen molar-refractivity contribution in [2.75, 3.05) is 18.4 Å². The maximum atomic E-state index is 13.5. The van der Waals surface area contributed by atoms with Gasteiger partial charge in [-0.25, -0.2) is 8.78 Å². The minimum Gasteiger partial charge on any atom is -0.380 e. The van der Waals surface area contributed by atoms with Gasteiger partial charge in [-0.3, -0.25) is 4.79 Å². The molecule has 2 rings (SSSR count). The predicted octanol–water partition coefficient (Wildman–Crippen LogP) is 3.82. The fourth-order valence-corrected chi connectivity index (χ4v) is 2.30. The molecule has 0 radical (unpaired) electrons. The van der Waals surface area contributed by atoms with Gasteiger partial charge in [0.05, 0.1) is 0 Å². The van der Waals surface area contributed by atoms with Crippen molar-refractivity contribution in [1.82, 2.24) is 4.90 Å². The number of rotatable bonds is 7. The van der Waals surface area contributed by atoms with E-state index in [1.807, 2.05) is 37.3 Å². The van der Waals surface area contributed by atoms with Gasteiger partial charge in [0.25, 0.3) is 0 Å². The second-order valence-electron chi connectivity index (χ2n) is 5.17. The Balaban J connectivity index is 1.88. The normalized spacial score (nSPS) is 10.4. The first-order valence-electron chi connectivity index (χ1n) is 7.61. The zero-order valence-electron chi connectivity index (χ0n) is 13.1. The zero-order chi connectivity index (χ0) is 16.7. The van der Waals surface area contributed by atoms with E-state index < -0.39 is 11.6 Å². The van der Waals surface area contributed by atoms with E-state index >= 15 is 0 Å². The number of nitrogens with one attached hydrogen (secondary N) is 1. The van der Waals surface area contributed by atoms with Crippen LogP contribution in [0.5, 0.6) is 0 Å². The molecular weight excluding hydrogens is 298 g/mol. The number of hydrogen-bond donors (Lipinski definition) is 1. The molecule has 0 aliphatic heterocycles. The van der Waals surface area contributed by atoms with Crippen LogP contribution in [-0.2, 0) is 11.3 Å². The highest BCUT2D eigenvalue weighted by molar-refractivity contribution is 5.76. The molecule has 0 heterocycles. The first-order valence-corrected chi connectivity index (χ1v) is 7.61. The van der Waals surface area contributed by atoms with Crippen LogP contribution in [0, 0.1) is 11.6 Å². The van der Waals surface area contributed by atoms with Gasteiger partial charge >= 0.3 is 0 Å². The number of benzene rings is 2. The van der Waals surface area contributed by atoms with Gasteiger partial charge < -0.3 is 10.2 Å². The van der Waals surface area contributed by atoms with Crippen molar-refractivity contribution in [1.29, 1.82) is 0 Å².